The monoisotopic (exact) mass is 469 g/mol. The lowest BCUT2D eigenvalue weighted by Gasteiger charge is -2.24. The molecule has 34 heavy (non-hydrogen) atoms. The van der Waals surface area contributed by atoms with Crippen LogP contribution in [0.2, 0.25) is 0 Å². The van der Waals surface area contributed by atoms with Crippen LogP contribution in [0, 0.1) is 0 Å². The van der Waals surface area contributed by atoms with E-state index in [2.05, 4.69) is 5.32 Å². The zero-order valence-corrected chi connectivity index (χ0v) is 20.8. The summed E-state index contributed by atoms with van der Waals surface area (Å²) >= 11 is 0. The van der Waals surface area contributed by atoms with Gasteiger partial charge in [-0.05, 0) is 58.1 Å². The number of carbonyl (C=O) groups excluding carboxylic acids is 3. The molecular weight excluding hydrogens is 434 g/mol. The first kappa shape index (κ1) is 26.9. The van der Waals surface area contributed by atoms with Gasteiger partial charge in [-0.15, -0.1) is 0 Å². The molecule has 8 heteroatoms. The molecule has 0 aromatic heterocycles. The third-order valence-corrected chi connectivity index (χ3v) is 4.76. The van der Waals surface area contributed by atoms with Crippen LogP contribution in [-0.2, 0) is 32.1 Å². The maximum absolute atomic E-state index is 12.9. The van der Waals surface area contributed by atoms with Crippen molar-refractivity contribution >= 4 is 23.7 Å². The van der Waals surface area contributed by atoms with Crippen molar-refractivity contribution in [2.24, 2.45) is 0 Å². The summed E-state index contributed by atoms with van der Waals surface area (Å²) in [7, 11) is 5.36. The molecule has 0 aliphatic heterocycles. The zero-order valence-electron chi connectivity index (χ0n) is 20.8. The van der Waals surface area contributed by atoms with Crippen molar-refractivity contribution in [1.82, 2.24) is 10.2 Å². The van der Waals surface area contributed by atoms with E-state index < -0.39 is 23.7 Å². The molecule has 0 saturated carbocycles. The number of likely N-dealkylation sites (N-methyl/N-ethyl adjacent to an activating group) is 2. The SMILES string of the molecule is CN(C)CC(=O)N(C)c1cccc(C[C@H](NC(=O)OC(C)(C)C)C(=O)OCc2ccccc2)c1. The number of hydrogen-bond acceptors (Lipinski definition) is 6. The lowest BCUT2D eigenvalue weighted by molar-refractivity contribution is -0.147. The second-order valence-electron chi connectivity index (χ2n) is 9.36. The molecule has 0 aliphatic carbocycles. The topological polar surface area (TPSA) is 88.2 Å². The minimum absolute atomic E-state index is 0.0622. The largest absolute Gasteiger partial charge is 0.459 e. The van der Waals surface area contributed by atoms with Crippen LogP contribution in [-0.4, -0.2) is 62.2 Å². The number of alkyl carbamates (subject to hydrolysis) is 1. The highest BCUT2D eigenvalue weighted by molar-refractivity contribution is 5.94. The van der Waals surface area contributed by atoms with Gasteiger partial charge < -0.3 is 24.6 Å². The molecule has 0 bridgehead atoms. The maximum Gasteiger partial charge on any atom is 0.408 e. The average Bonchev–Trinajstić information content (AvgIpc) is 2.75. The van der Waals surface area contributed by atoms with Crippen LogP contribution in [0.1, 0.15) is 31.9 Å². The minimum Gasteiger partial charge on any atom is -0.459 e. The Kier molecular flexibility index (Phi) is 9.62. The third kappa shape index (κ3) is 9.23. The molecule has 1 N–H and O–H groups in total. The molecular formula is C26H35N3O5. The summed E-state index contributed by atoms with van der Waals surface area (Å²) < 4.78 is 10.8. The van der Waals surface area contributed by atoms with E-state index in [4.69, 9.17) is 9.47 Å². The summed E-state index contributed by atoms with van der Waals surface area (Å²) in [6, 6.07) is 15.6. The molecule has 2 aromatic rings. The first-order chi connectivity index (χ1) is 15.9. The highest BCUT2D eigenvalue weighted by Crippen LogP contribution is 2.18. The van der Waals surface area contributed by atoms with Crippen LogP contribution in [0.3, 0.4) is 0 Å². The predicted molar refractivity (Wildman–Crippen MR) is 132 cm³/mol. The molecule has 8 nitrogen and oxygen atoms in total. The van der Waals surface area contributed by atoms with E-state index >= 15 is 0 Å². The van der Waals surface area contributed by atoms with Crippen molar-refractivity contribution in [1.29, 1.82) is 0 Å². The number of esters is 1. The Labute approximate surface area is 201 Å². The number of benzene rings is 2. The van der Waals surface area contributed by atoms with Crippen LogP contribution in [0.5, 0.6) is 0 Å². The minimum atomic E-state index is -0.961. The molecule has 2 amide bonds. The van der Waals surface area contributed by atoms with Gasteiger partial charge in [0.05, 0.1) is 6.54 Å². The molecule has 0 unspecified atom stereocenters. The van der Waals surface area contributed by atoms with Gasteiger partial charge in [0, 0.05) is 19.2 Å². The summed E-state index contributed by atoms with van der Waals surface area (Å²) in [4.78, 5) is 41.1. The predicted octanol–water partition coefficient (Wildman–Crippen LogP) is 3.39. The van der Waals surface area contributed by atoms with Crippen LogP contribution in [0.4, 0.5) is 10.5 Å². The number of ether oxygens (including phenoxy) is 2. The fourth-order valence-corrected chi connectivity index (χ4v) is 3.12. The van der Waals surface area contributed by atoms with Crippen molar-refractivity contribution in [3.63, 3.8) is 0 Å². The summed E-state index contributed by atoms with van der Waals surface area (Å²) in [6.45, 7) is 5.61. The molecule has 1 atom stereocenters. The van der Waals surface area contributed by atoms with Gasteiger partial charge in [0.1, 0.15) is 18.2 Å². The molecule has 0 heterocycles. The number of nitrogens with zero attached hydrogens (tertiary/aromatic N) is 2. The van der Waals surface area contributed by atoms with Crippen LogP contribution in [0.25, 0.3) is 0 Å². The van der Waals surface area contributed by atoms with E-state index in [1.165, 1.54) is 0 Å². The number of carbonyl (C=O) groups is 3. The van der Waals surface area contributed by atoms with Gasteiger partial charge in [0.25, 0.3) is 0 Å². The average molecular weight is 470 g/mol. The van der Waals surface area contributed by atoms with Crippen LogP contribution >= 0.6 is 0 Å². The molecule has 0 aliphatic rings. The Hall–Kier alpha value is -3.39. The Balaban J connectivity index is 2.17. The van der Waals surface area contributed by atoms with E-state index in [-0.39, 0.29) is 25.5 Å². The van der Waals surface area contributed by atoms with Gasteiger partial charge in [-0.25, -0.2) is 9.59 Å². The first-order valence-electron chi connectivity index (χ1n) is 11.1. The summed E-state index contributed by atoms with van der Waals surface area (Å²) in [5.41, 5.74) is 1.59. The number of amides is 2. The van der Waals surface area contributed by atoms with E-state index in [0.717, 1.165) is 11.1 Å². The van der Waals surface area contributed by atoms with Gasteiger partial charge in [-0.1, -0.05) is 42.5 Å². The van der Waals surface area contributed by atoms with Crippen LogP contribution in [0.15, 0.2) is 54.6 Å². The summed E-state index contributed by atoms with van der Waals surface area (Å²) in [6.07, 6.45) is -0.528. The number of anilines is 1. The Morgan fingerprint density at radius 3 is 2.21 bits per heavy atom. The van der Waals surface area contributed by atoms with Gasteiger partial charge in [-0.3, -0.25) is 4.79 Å². The van der Waals surface area contributed by atoms with E-state index in [1.54, 1.807) is 37.6 Å². The third-order valence-electron chi connectivity index (χ3n) is 4.76. The van der Waals surface area contributed by atoms with Crippen molar-refractivity contribution < 1.29 is 23.9 Å². The molecule has 0 saturated heterocycles. The van der Waals surface area contributed by atoms with Gasteiger partial charge in [-0.2, -0.15) is 0 Å². The number of hydrogen-bond donors (Lipinski definition) is 1. The molecule has 0 radical (unpaired) electrons. The maximum atomic E-state index is 12.9. The van der Waals surface area contributed by atoms with Crippen molar-refractivity contribution in [2.75, 3.05) is 32.6 Å². The summed E-state index contributed by atoms with van der Waals surface area (Å²) in [5, 5.41) is 2.63. The van der Waals surface area contributed by atoms with Crippen molar-refractivity contribution in [3.05, 3.63) is 65.7 Å². The molecule has 2 aromatic carbocycles. The lowest BCUT2D eigenvalue weighted by Crippen LogP contribution is -2.45. The molecule has 0 fully saturated rings. The molecule has 2 rings (SSSR count). The zero-order chi connectivity index (χ0) is 25.3. The summed E-state index contributed by atoms with van der Waals surface area (Å²) in [5.74, 6) is -0.634. The highest BCUT2D eigenvalue weighted by atomic mass is 16.6. The first-order valence-corrected chi connectivity index (χ1v) is 11.1. The van der Waals surface area contributed by atoms with E-state index in [9.17, 15) is 14.4 Å². The van der Waals surface area contributed by atoms with Gasteiger partial charge >= 0.3 is 12.1 Å². The number of rotatable bonds is 9. The normalized spacial score (nSPS) is 12.1. The van der Waals surface area contributed by atoms with Crippen molar-refractivity contribution in [3.8, 4) is 0 Å². The quantitative estimate of drug-likeness (QED) is 0.567. The van der Waals surface area contributed by atoms with Gasteiger partial charge in [0.15, 0.2) is 0 Å². The second-order valence-corrected chi connectivity index (χ2v) is 9.36. The Morgan fingerprint density at radius 2 is 1.59 bits per heavy atom. The van der Waals surface area contributed by atoms with Crippen molar-refractivity contribution in [2.45, 2.75) is 45.4 Å². The lowest BCUT2D eigenvalue weighted by atomic mass is 10.0. The van der Waals surface area contributed by atoms with E-state index in [1.807, 2.05) is 68.7 Å². The fourth-order valence-electron chi connectivity index (χ4n) is 3.12. The molecule has 184 valence electrons. The smallest absolute Gasteiger partial charge is 0.408 e. The Morgan fingerprint density at radius 1 is 0.941 bits per heavy atom. The second kappa shape index (κ2) is 12.2. The number of nitrogens with one attached hydrogen (secondary N) is 1. The van der Waals surface area contributed by atoms with E-state index in [0.29, 0.717) is 5.69 Å². The van der Waals surface area contributed by atoms with Gasteiger partial charge in [0.2, 0.25) is 5.91 Å². The molecule has 0 spiro atoms. The highest BCUT2D eigenvalue weighted by Gasteiger charge is 2.26. The standard InChI is InChI=1S/C26H35N3O5/c1-26(2,3)34-25(32)27-22(24(31)33-18-19-11-8-7-9-12-19)16-20-13-10-14-21(15-20)29(6)23(30)17-28(4)5/h7-15,22H,16-18H2,1-6H3,(H,27,32)/t22-/m0/s1. The Bertz CT molecular complexity index is 970. The van der Waals surface area contributed by atoms with Crippen LogP contribution < -0.4 is 10.2 Å². The fraction of sp³-hybridized carbons (Fsp3) is 0.423.